The van der Waals surface area contributed by atoms with E-state index >= 15 is 0 Å². The molecule has 106 valence electrons. The summed E-state index contributed by atoms with van der Waals surface area (Å²) in [5.41, 5.74) is 3.25. The third kappa shape index (κ3) is 4.59. The standard InChI is InChI=1S/C13H22N4O2/c1-4-17(10(2)9-19-3)8-11-6-5-7-12(15-11)13(18)16-14/h5-7,10H,4,8-9,14H2,1-3H3,(H,16,18). The first-order chi connectivity index (χ1) is 9.12. The lowest BCUT2D eigenvalue weighted by atomic mass is 10.2. The summed E-state index contributed by atoms with van der Waals surface area (Å²) in [4.78, 5) is 18.0. The van der Waals surface area contributed by atoms with Gasteiger partial charge in [-0.15, -0.1) is 0 Å². The first kappa shape index (κ1) is 15.6. The van der Waals surface area contributed by atoms with E-state index in [9.17, 15) is 4.79 Å². The molecule has 0 saturated carbocycles. The molecule has 1 unspecified atom stereocenters. The summed E-state index contributed by atoms with van der Waals surface area (Å²) in [6.45, 7) is 6.41. The van der Waals surface area contributed by atoms with Crippen molar-refractivity contribution in [2.45, 2.75) is 26.4 Å². The first-order valence-electron chi connectivity index (χ1n) is 6.32. The lowest BCUT2D eigenvalue weighted by Gasteiger charge is -2.26. The molecular weight excluding hydrogens is 244 g/mol. The Bertz CT molecular complexity index is 411. The smallest absolute Gasteiger partial charge is 0.283 e. The number of hydrazine groups is 1. The average molecular weight is 266 g/mol. The van der Waals surface area contributed by atoms with Crippen molar-refractivity contribution in [2.75, 3.05) is 20.3 Å². The summed E-state index contributed by atoms with van der Waals surface area (Å²) in [5, 5.41) is 0. The van der Waals surface area contributed by atoms with Crippen molar-refractivity contribution in [1.82, 2.24) is 15.3 Å². The molecule has 6 nitrogen and oxygen atoms in total. The molecule has 1 heterocycles. The maximum absolute atomic E-state index is 11.4. The number of carbonyl (C=O) groups excluding carboxylic acids is 1. The Labute approximate surface area is 113 Å². The minimum Gasteiger partial charge on any atom is -0.383 e. The van der Waals surface area contributed by atoms with Crippen molar-refractivity contribution >= 4 is 5.91 Å². The van der Waals surface area contributed by atoms with Crippen LogP contribution in [0.1, 0.15) is 30.0 Å². The SMILES string of the molecule is CCN(Cc1cccc(C(=O)NN)n1)C(C)COC. The second-order valence-electron chi connectivity index (χ2n) is 4.36. The number of amides is 1. The van der Waals surface area contributed by atoms with Gasteiger partial charge in [0.2, 0.25) is 0 Å². The van der Waals surface area contributed by atoms with Crippen LogP contribution in [0, 0.1) is 0 Å². The number of pyridine rings is 1. The molecule has 0 aliphatic carbocycles. The van der Waals surface area contributed by atoms with E-state index in [1.54, 1.807) is 13.2 Å². The molecule has 1 aromatic rings. The molecule has 0 spiro atoms. The quantitative estimate of drug-likeness (QED) is 0.428. The van der Waals surface area contributed by atoms with Gasteiger partial charge in [0, 0.05) is 19.7 Å². The number of aromatic nitrogens is 1. The molecule has 0 aliphatic rings. The summed E-state index contributed by atoms with van der Waals surface area (Å²) in [7, 11) is 1.69. The van der Waals surface area contributed by atoms with Crippen molar-refractivity contribution in [3.05, 3.63) is 29.6 Å². The van der Waals surface area contributed by atoms with Crippen molar-refractivity contribution in [1.29, 1.82) is 0 Å². The Hall–Kier alpha value is -1.50. The number of nitrogens with zero attached hydrogens (tertiary/aromatic N) is 2. The lowest BCUT2D eigenvalue weighted by molar-refractivity contribution is 0.0940. The molecular formula is C13H22N4O2. The molecule has 0 fully saturated rings. The molecule has 3 N–H and O–H groups in total. The molecule has 0 bridgehead atoms. The van der Waals surface area contributed by atoms with Crippen LogP contribution in [0.3, 0.4) is 0 Å². The van der Waals surface area contributed by atoms with E-state index < -0.39 is 0 Å². The molecule has 0 radical (unpaired) electrons. The normalized spacial score (nSPS) is 12.5. The first-order valence-corrected chi connectivity index (χ1v) is 6.32. The predicted octanol–water partition coefficient (Wildman–Crippen LogP) is 0.542. The fraction of sp³-hybridized carbons (Fsp3) is 0.538. The summed E-state index contributed by atoms with van der Waals surface area (Å²) in [6.07, 6.45) is 0. The minimum absolute atomic E-state index is 0.295. The molecule has 0 saturated heterocycles. The molecule has 6 heteroatoms. The van der Waals surface area contributed by atoms with E-state index in [0.29, 0.717) is 24.9 Å². The van der Waals surface area contributed by atoms with Crippen LogP contribution in [0.25, 0.3) is 0 Å². The van der Waals surface area contributed by atoms with Crippen LogP contribution in [0.15, 0.2) is 18.2 Å². The third-order valence-corrected chi connectivity index (χ3v) is 2.97. The highest BCUT2D eigenvalue weighted by Crippen LogP contribution is 2.07. The van der Waals surface area contributed by atoms with Gasteiger partial charge in [-0.25, -0.2) is 10.8 Å². The van der Waals surface area contributed by atoms with Crippen molar-refractivity contribution in [3.63, 3.8) is 0 Å². The summed E-state index contributed by atoms with van der Waals surface area (Å²) in [6, 6.07) is 5.64. The van der Waals surface area contributed by atoms with Crippen LogP contribution in [-0.2, 0) is 11.3 Å². The number of carbonyl (C=O) groups is 1. The van der Waals surface area contributed by atoms with Gasteiger partial charge in [0.05, 0.1) is 12.3 Å². The zero-order chi connectivity index (χ0) is 14.3. The highest BCUT2D eigenvalue weighted by molar-refractivity contribution is 5.91. The number of methoxy groups -OCH3 is 1. The highest BCUT2D eigenvalue weighted by atomic mass is 16.5. The summed E-state index contributed by atoms with van der Waals surface area (Å²) in [5.74, 6) is 4.72. The molecule has 19 heavy (non-hydrogen) atoms. The second-order valence-corrected chi connectivity index (χ2v) is 4.36. The Morgan fingerprint density at radius 1 is 1.58 bits per heavy atom. The van der Waals surface area contributed by atoms with Gasteiger partial charge >= 0.3 is 0 Å². The van der Waals surface area contributed by atoms with Gasteiger partial charge in [-0.2, -0.15) is 0 Å². The van der Waals surface area contributed by atoms with Crippen LogP contribution in [0.2, 0.25) is 0 Å². The number of ether oxygens (including phenoxy) is 1. The van der Waals surface area contributed by atoms with E-state index in [1.807, 2.05) is 12.1 Å². The van der Waals surface area contributed by atoms with Crippen molar-refractivity contribution < 1.29 is 9.53 Å². The monoisotopic (exact) mass is 266 g/mol. The average Bonchev–Trinajstić information content (AvgIpc) is 2.44. The Kier molecular flexibility index (Phi) is 6.41. The van der Waals surface area contributed by atoms with Gasteiger partial charge < -0.3 is 4.74 Å². The van der Waals surface area contributed by atoms with E-state index in [4.69, 9.17) is 10.6 Å². The number of hydrogen-bond acceptors (Lipinski definition) is 5. The Balaban J connectivity index is 2.77. The van der Waals surface area contributed by atoms with Crippen LogP contribution >= 0.6 is 0 Å². The number of nitrogens with two attached hydrogens (primary N) is 1. The number of nitrogen functional groups attached to an aromatic ring is 1. The Morgan fingerprint density at radius 3 is 2.89 bits per heavy atom. The maximum Gasteiger partial charge on any atom is 0.283 e. The predicted molar refractivity (Wildman–Crippen MR) is 73.3 cm³/mol. The van der Waals surface area contributed by atoms with Gasteiger partial charge in [-0.1, -0.05) is 13.0 Å². The van der Waals surface area contributed by atoms with Crippen LogP contribution in [-0.4, -0.2) is 42.1 Å². The molecule has 1 aromatic heterocycles. The van der Waals surface area contributed by atoms with Gasteiger partial charge in [0.15, 0.2) is 0 Å². The number of rotatable bonds is 7. The molecule has 0 aromatic carbocycles. The fourth-order valence-electron chi connectivity index (χ4n) is 1.90. The van der Waals surface area contributed by atoms with Gasteiger partial charge in [0.1, 0.15) is 5.69 Å². The van der Waals surface area contributed by atoms with Crippen LogP contribution < -0.4 is 11.3 Å². The molecule has 1 rings (SSSR count). The van der Waals surface area contributed by atoms with Gasteiger partial charge in [-0.05, 0) is 25.6 Å². The fourth-order valence-corrected chi connectivity index (χ4v) is 1.90. The zero-order valence-corrected chi connectivity index (χ0v) is 11.7. The van der Waals surface area contributed by atoms with E-state index in [1.165, 1.54) is 0 Å². The number of likely N-dealkylation sites (N-methyl/N-ethyl adjacent to an activating group) is 1. The molecule has 1 atom stereocenters. The van der Waals surface area contributed by atoms with Crippen LogP contribution in [0.4, 0.5) is 0 Å². The molecule has 1 amide bonds. The van der Waals surface area contributed by atoms with Crippen molar-refractivity contribution in [2.24, 2.45) is 5.84 Å². The van der Waals surface area contributed by atoms with Crippen LogP contribution in [0.5, 0.6) is 0 Å². The highest BCUT2D eigenvalue weighted by Gasteiger charge is 2.14. The molecule has 0 aliphatic heterocycles. The van der Waals surface area contributed by atoms with E-state index in [2.05, 4.69) is 29.2 Å². The van der Waals surface area contributed by atoms with Gasteiger partial charge in [0.25, 0.3) is 5.91 Å². The van der Waals surface area contributed by atoms with E-state index in [0.717, 1.165) is 12.2 Å². The lowest BCUT2D eigenvalue weighted by Crippen LogP contribution is -2.36. The minimum atomic E-state index is -0.380. The zero-order valence-electron chi connectivity index (χ0n) is 11.7. The Morgan fingerprint density at radius 2 is 2.32 bits per heavy atom. The van der Waals surface area contributed by atoms with E-state index in [-0.39, 0.29) is 5.91 Å². The second kappa shape index (κ2) is 7.83. The largest absolute Gasteiger partial charge is 0.383 e. The number of hydrogen-bond donors (Lipinski definition) is 2. The van der Waals surface area contributed by atoms with Crippen molar-refractivity contribution in [3.8, 4) is 0 Å². The maximum atomic E-state index is 11.4. The summed E-state index contributed by atoms with van der Waals surface area (Å²) >= 11 is 0. The summed E-state index contributed by atoms with van der Waals surface area (Å²) < 4.78 is 5.16. The number of nitrogens with one attached hydrogen (secondary N) is 1. The van der Waals surface area contributed by atoms with Gasteiger partial charge in [-0.3, -0.25) is 15.1 Å². The third-order valence-electron chi connectivity index (χ3n) is 2.97. The topological polar surface area (TPSA) is 80.5 Å².